The van der Waals surface area contributed by atoms with Crippen molar-refractivity contribution in [3.8, 4) is 0 Å². The smallest absolute Gasteiger partial charge is 0.269 e. The highest BCUT2D eigenvalue weighted by molar-refractivity contribution is 7.91. The maximum absolute atomic E-state index is 11.9. The first kappa shape index (κ1) is 14.6. The lowest BCUT2D eigenvalue weighted by molar-refractivity contribution is -0.114. The van der Waals surface area contributed by atoms with E-state index >= 15 is 0 Å². The number of nitrogens with zero attached hydrogens (tertiary/aromatic N) is 2. The molecular weight excluding hydrogens is 312 g/mol. The zero-order valence-corrected chi connectivity index (χ0v) is 12.5. The number of hydrogen-bond donors (Lipinski definition) is 2. The van der Waals surface area contributed by atoms with Gasteiger partial charge in [-0.25, -0.2) is 13.1 Å². The molecule has 19 heavy (non-hydrogen) atoms. The number of hydrogen-bond acceptors (Lipinski definition) is 6. The van der Waals surface area contributed by atoms with Crippen LogP contribution in [0.5, 0.6) is 0 Å². The Morgan fingerprint density at radius 1 is 1.53 bits per heavy atom. The van der Waals surface area contributed by atoms with Crippen LogP contribution in [-0.2, 0) is 14.8 Å². The normalized spacial score (nSPS) is 17.2. The van der Waals surface area contributed by atoms with Crippen LogP contribution >= 0.6 is 22.9 Å². The highest BCUT2D eigenvalue weighted by atomic mass is 35.5. The highest BCUT2D eigenvalue weighted by Crippen LogP contribution is 2.35. The summed E-state index contributed by atoms with van der Waals surface area (Å²) in [5.74, 6) is 0.0661. The average Bonchev–Trinajstić information content (AvgIpc) is 3.06. The number of halogens is 1. The minimum atomic E-state index is -3.72. The van der Waals surface area contributed by atoms with Crippen LogP contribution in [0, 0.1) is 5.92 Å². The Kier molecular flexibility index (Phi) is 4.39. The van der Waals surface area contributed by atoms with E-state index in [1.807, 2.05) is 0 Å². The third-order valence-electron chi connectivity index (χ3n) is 2.52. The van der Waals surface area contributed by atoms with E-state index in [2.05, 4.69) is 20.2 Å². The van der Waals surface area contributed by atoms with Crippen molar-refractivity contribution in [2.75, 3.05) is 11.9 Å². The van der Waals surface area contributed by atoms with Gasteiger partial charge in [-0.2, -0.15) is 0 Å². The van der Waals surface area contributed by atoms with Crippen molar-refractivity contribution in [1.29, 1.82) is 0 Å². The second-order valence-electron chi connectivity index (χ2n) is 4.26. The van der Waals surface area contributed by atoms with Gasteiger partial charge in [-0.05, 0) is 18.8 Å². The first-order chi connectivity index (χ1) is 8.88. The minimum absolute atomic E-state index is 0.150. The molecule has 0 aromatic carbocycles. The number of carbonyl (C=O) groups excluding carboxylic acids is 1. The van der Waals surface area contributed by atoms with Crippen molar-refractivity contribution in [3.63, 3.8) is 0 Å². The summed E-state index contributed by atoms with van der Waals surface area (Å²) in [6, 6.07) is 0. The standard InChI is InChI=1S/C9H13ClN4O3S2/c1-5(15)12-8-13-14-9(18-8)19(16,17)11-4-7(10)6-2-3-6/h6-7,11H,2-4H2,1H3,(H,12,13,15). The van der Waals surface area contributed by atoms with E-state index < -0.39 is 10.0 Å². The largest absolute Gasteiger partial charge is 0.301 e. The van der Waals surface area contributed by atoms with E-state index in [-0.39, 0.29) is 27.3 Å². The van der Waals surface area contributed by atoms with Gasteiger partial charge in [0.2, 0.25) is 15.4 Å². The number of nitrogens with one attached hydrogen (secondary N) is 2. The van der Waals surface area contributed by atoms with Crippen molar-refractivity contribution in [1.82, 2.24) is 14.9 Å². The maximum atomic E-state index is 11.9. The molecule has 7 nitrogen and oxygen atoms in total. The molecule has 0 spiro atoms. The van der Waals surface area contributed by atoms with Gasteiger partial charge >= 0.3 is 0 Å². The summed E-state index contributed by atoms with van der Waals surface area (Å²) in [5.41, 5.74) is 0. The number of amides is 1. The molecule has 2 N–H and O–H groups in total. The second-order valence-corrected chi connectivity index (χ2v) is 7.74. The minimum Gasteiger partial charge on any atom is -0.301 e. The average molecular weight is 325 g/mol. The molecular formula is C9H13ClN4O3S2. The molecule has 1 aliphatic rings. The molecule has 2 rings (SSSR count). The van der Waals surface area contributed by atoms with Gasteiger partial charge < -0.3 is 5.32 Å². The van der Waals surface area contributed by atoms with E-state index in [1.165, 1.54) is 6.92 Å². The van der Waals surface area contributed by atoms with Crippen LogP contribution < -0.4 is 10.0 Å². The van der Waals surface area contributed by atoms with Crippen LogP contribution in [0.3, 0.4) is 0 Å². The lowest BCUT2D eigenvalue weighted by Gasteiger charge is -2.08. The van der Waals surface area contributed by atoms with Crippen molar-refractivity contribution in [2.24, 2.45) is 5.92 Å². The number of alkyl halides is 1. The Hall–Kier alpha value is -0.770. The molecule has 0 bridgehead atoms. The Morgan fingerprint density at radius 3 is 2.79 bits per heavy atom. The third kappa shape index (κ3) is 4.10. The van der Waals surface area contributed by atoms with Crippen LogP contribution in [0.2, 0.25) is 0 Å². The predicted octanol–water partition coefficient (Wildman–Crippen LogP) is 0.792. The number of carbonyl (C=O) groups is 1. The second kappa shape index (κ2) is 5.70. The molecule has 1 aliphatic carbocycles. The lowest BCUT2D eigenvalue weighted by Crippen LogP contribution is -2.30. The quantitative estimate of drug-likeness (QED) is 0.595. The summed E-state index contributed by atoms with van der Waals surface area (Å²) in [7, 11) is -3.72. The zero-order valence-electron chi connectivity index (χ0n) is 10.1. The van der Waals surface area contributed by atoms with Crippen molar-refractivity contribution in [2.45, 2.75) is 29.5 Å². The van der Waals surface area contributed by atoms with Gasteiger partial charge in [-0.3, -0.25) is 4.79 Å². The summed E-state index contributed by atoms with van der Waals surface area (Å²) in [4.78, 5) is 10.8. The molecule has 1 saturated carbocycles. The first-order valence-corrected chi connectivity index (χ1v) is 8.37. The molecule has 1 amide bonds. The SMILES string of the molecule is CC(=O)Nc1nnc(S(=O)(=O)NCC(Cl)C2CC2)s1. The molecule has 1 aromatic heterocycles. The highest BCUT2D eigenvalue weighted by Gasteiger charge is 2.31. The number of anilines is 1. The van der Waals surface area contributed by atoms with Crippen molar-refractivity contribution >= 4 is 44.0 Å². The van der Waals surface area contributed by atoms with Crippen molar-refractivity contribution < 1.29 is 13.2 Å². The molecule has 1 atom stereocenters. The van der Waals surface area contributed by atoms with E-state index in [9.17, 15) is 13.2 Å². The predicted molar refractivity (Wildman–Crippen MR) is 71.8 cm³/mol. The molecule has 0 aliphatic heterocycles. The van der Waals surface area contributed by atoms with Crippen LogP contribution in [0.1, 0.15) is 19.8 Å². The molecule has 106 valence electrons. The third-order valence-corrected chi connectivity index (χ3v) is 5.66. The summed E-state index contributed by atoms with van der Waals surface area (Å²) in [6.45, 7) is 1.48. The molecule has 10 heteroatoms. The van der Waals surface area contributed by atoms with Gasteiger partial charge in [0.15, 0.2) is 0 Å². The van der Waals surface area contributed by atoms with Gasteiger partial charge in [-0.15, -0.1) is 21.8 Å². The fourth-order valence-electron chi connectivity index (χ4n) is 1.40. The topological polar surface area (TPSA) is 101 Å². The maximum Gasteiger partial charge on any atom is 0.269 e. The molecule has 1 aromatic rings. The van der Waals surface area contributed by atoms with Gasteiger partial charge in [-0.1, -0.05) is 11.3 Å². The van der Waals surface area contributed by atoms with Gasteiger partial charge in [0, 0.05) is 18.8 Å². The molecule has 1 unspecified atom stereocenters. The Bertz CT molecular complexity index is 570. The molecule has 1 fully saturated rings. The van der Waals surface area contributed by atoms with Crippen LogP contribution in [0.25, 0.3) is 0 Å². The fourth-order valence-corrected chi connectivity index (χ4v) is 3.86. The zero-order chi connectivity index (χ0) is 14.0. The van der Waals surface area contributed by atoms with Gasteiger partial charge in [0.25, 0.3) is 10.0 Å². The molecule has 0 radical (unpaired) electrons. The van der Waals surface area contributed by atoms with Gasteiger partial charge in [0.1, 0.15) is 0 Å². The molecule has 1 heterocycles. The number of aromatic nitrogens is 2. The number of sulfonamides is 1. The summed E-state index contributed by atoms with van der Waals surface area (Å²) in [6.07, 6.45) is 2.09. The molecule has 0 saturated heterocycles. The monoisotopic (exact) mass is 324 g/mol. The van der Waals surface area contributed by atoms with E-state index in [0.29, 0.717) is 5.92 Å². The van der Waals surface area contributed by atoms with Gasteiger partial charge in [0.05, 0.1) is 0 Å². The Labute approximate surface area is 119 Å². The fraction of sp³-hybridized carbons (Fsp3) is 0.667. The Balaban J connectivity index is 1.97. The lowest BCUT2D eigenvalue weighted by atomic mass is 10.3. The number of rotatable bonds is 6. The van der Waals surface area contributed by atoms with Crippen LogP contribution in [-0.4, -0.2) is 36.4 Å². The van der Waals surface area contributed by atoms with E-state index in [0.717, 1.165) is 24.2 Å². The summed E-state index contributed by atoms with van der Waals surface area (Å²) in [5, 5.41) is 9.45. The van der Waals surface area contributed by atoms with Crippen LogP contribution in [0.15, 0.2) is 4.34 Å². The van der Waals surface area contributed by atoms with E-state index in [4.69, 9.17) is 11.6 Å². The summed E-state index contributed by atoms with van der Waals surface area (Å²) < 4.78 is 26.0. The Morgan fingerprint density at radius 2 is 2.21 bits per heavy atom. The van der Waals surface area contributed by atoms with Crippen LogP contribution in [0.4, 0.5) is 5.13 Å². The van der Waals surface area contributed by atoms with E-state index in [1.54, 1.807) is 0 Å². The first-order valence-electron chi connectivity index (χ1n) is 5.63. The summed E-state index contributed by atoms with van der Waals surface area (Å²) >= 11 is 6.83. The van der Waals surface area contributed by atoms with Crippen molar-refractivity contribution in [3.05, 3.63) is 0 Å².